The summed E-state index contributed by atoms with van der Waals surface area (Å²) < 4.78 is 0. The number of aromatic nitrogens is 1. The van der Waals surface area contributed by atoms with Crippen LogP contribution < -0.4 is 4.90 Å². The van der Waals surface area contributed by atoms with Crippen LogP contribution in [0.2, 0.25) is 0 Å². The van der Waals surface area contributed by atoms with Crippen LogP contribution in [0.5, 0.6) is 0 Å². The monoisotopic (exact) mass is 242 g/mol. The normalized spacial score (nSPS) is 19.7. The van der Waals surface area contributed by atoms with Crippen LogP contribution in [0.15, 0.2) is 30.3 Å². The Bertz CT molecular complexity index is 567. The molecule has 1 N–H and O–H groups in total. The number of rotatable bonds is 2. The van der Waals surface area contributed by atoms with Crippen molar-refractivity contribution in [2.45, 2.75) is 25.8 Å². The molecule has 1 atom stereocenters. The number of nitrogens with zero attached hydrogens (tertiary/aromatic N) is 2. The maximum atomic E-state index is 9.41. The van der Waals surface area contributed by atoms with Gasteiger partial charge in [0.1, 0.15) is 5.82 Å². The summed E-state index contributed by atoms with van der Waals surface area (Å²) in [5.74, 6) is 1.00. The molecule has 2 aromatic rings. The van der Waals surface area contributed by atoms with Crippen LogP contribution in [0.25, 0.3) is 10.9 Å². The highest BCUT2D eigenvalue weighted by atomic mass is 16.3. The van der Waals surface area contributed by atoms with Gasteiger partial charge in [0.05, 0.1) is 18.2 Å². The lowest BCUT2D eigenvalue weighted by molar-refractivity contribution is 0.266. The Morgan fingerprint density at radius 3 is 3.06 bits per heavy atom. The van der Waals surface area contributed by atoms with E-state index >= 15 is 0 Å². The summed E-state index contributed by atoms with van der Waals surface area (Å²) in [5, 5.41) is 10.6. The highest BCUT2D eigenvalue weighted by molar-refractivity contribution is 5.83. The summed E-state index contributed by atoms with van der Waals surface area (Å²) in [6, 6.07) is 10.6. The van der Waals surface area contributed by atoms with Gasteiger partial charge in [0.25, 0.3) is 0 Å². The SMILES string of the molecule is Cc1cc(N2CCC[C@H]2CO)nc2ccccc12. The van der Waals surface area contributed by atoms with E-state index in [4.69, 9.17) is 4.98 Å². The van der Waals surface area contributed by atoms with Crippen molar-refractivity contribution < 1.29 is 5.11 Å². The predicted molar refractivity (Wildman–Crippen MR) is 73.9 cm³/mol. The largest absolute Gasteiger partial charge is 0.394 e. The number of benzene rings is 1. The first kappa shape index (κ1) is 11.5. The third-order valence-corrected chi connectivity index (χ3v) is 3.79. The molecule has 94 valence electrons. The zero-order valence-corrected chi connectivity index (χ0v) is 10.6. The average molecular weight is 242 g/mol. The number of fused-ring (bicyclic) bond motifs is 1. The Morgan fingerprint density at radius 1 is 1.39 bits per heavy atom. The maximum Gasteiger partial charge on any atom is 0.129 e. The zero-order valence-electron chi connectivity index (χ0n) is 10.6. The van der Waals surface area contributed by atoms with E-state index < -0.39 is 0 Å². The number of aliphatic hydroxyl groups excluding tert-OH is 1. The van der Waals surface area contributed by atoms with Gasteiger partial charge >= 0.3 is 0 Å². The van der Waals surface area contributed by atoms with Crippen molar-refractivity contribution in [2.24, 2.45) is 0 Å². The topological polar surface area (TPSA) is 36.4 Å². The molecule has 1 aliphatic heterocycles. The van der Waals surface area contributed by atoms with Gasteiger partial charge in [0, 0.05) is 11.9 Å². The first-order valence-corrected chi connectivity index (χ1v) is 6.53. The first-order chi connectivity index (χ1) is 8.79. The highest BCUT2D eigenvalue weighted by Gasteiger charge is 2.25. The summed E-state index contributed by atoms with van der Waals surface area (Å²) >= 11 is 0. The van der Waals surface area contributed by atoms with Gasteiger partial charge < -0.3 is 10.0 Å². The van der Waals surface area contributed by atoms with Gasteiger partial charge in [-0.05, 0) is 37.5 Å². The van der Waals surface area contributed by atoms with Crippen molar-refractivity contribution in [3.8, 4) is 0 Å². The molecule has 0 amide bonds. The summed E-state index contributed by atoms with van der Waals surface area (Å²) in [6.45, 7) is 3.33. The minimum Gasteiger partial charge on any atom is -0.394 e. The number of para-hydroxylation sites is 1. The number of pyridine rings is 1. The van der Waals surface area contributed by atoms with E-state index in [2.05, 4.69) is 30.0 Å². The zero-order chi connectivity index (χ0) is 12.5. The standard InChI is InChI=1S/C15H18N2O/c1-11-9-15(17-8-4-5-12(17)10-18)16-14-7-3-2-6-13(11)14/h2-3,6-7,9,12,18H,4-5,8,10H2,1H3/t12-/m0/s1. The molecule has 2 heterocycles. The number of aliphatic hydroxyl groups is 1. The summed E-state index contributed by atoms with van der Waals surface area (Å²) in [7, 11) is 0. The minimum absolute atomic E-state index is 0.216. The molecule has 1 aromatic heterocycles. The Morgan fingerprint density at radius 2 is 2.22 bits per heavy atom. The summed E-state index contributed by atoms with van der Waals surface area (Å²) in [5.41, 5.74) is 2.29. The Hall–Kier alpha value is -1.61. The van der Waals surface area contributed by atoms with Gasteiger partial charge in [-0.1, -0.05) is 18.2 Å². The van der Waals surface area contributed by atoms with Gasteiger partial charge in [-0.25, -0.2) is 4.98 Å². The number of anilines is 1. The van der Waals surface area contributed by atoms with Gasteiger partial charge in [0.2, 0.25) is 0 Å². The lowest BCUT2D eigenvalue weighted by Gasteiger charge is -2.24. The molecule has 3 rings (SSSR count). The molecule has 0 spiro atoms. The van der Waals surface area contributed by atoms with Crippen LogP contribution in [0.1, 0.15) is 18.4 Å². The van der Waals surface area contributed by atoms with Crippen molar-refractivity contribution >= 4 is 16.7 Å². The highest BCUT2D eigenvalue weighted by Crippen LogP contribution is 2.27. The first-order valence-electron chi connectivity index (χ1n) is 6.53. The van der Waals surface area contributed by atoms with E-state index in [9.17, 15) is 5.11 Å². The predicted octanol–water partition coefficient (Wildman–Crippen LogP) is 2.50. The van der Waals surface area contributed by atoms with E-state index in [0.29, 0.717) is 0 Å². The van der Waals surface area contributed by atoms with Crippen molar-refractivity contribution in [2.75, 3.05) is 18.1 Å². The number of hydrogen-bond acceptors (Lipinski definition) is 3. The molecule has 1 fully saturated rings. The molecule has 3 heteroatoms. The molecule has 1 aliphatic rings. The molecule has 0 aliphatic carbocycles. The van der Waals surface area contributed by atoms with Crippen LogP contribution in [0.4, 0.5) is 5.82 Å². The van der Waals surface area contributed by atoms with Crippen LogP contribution in [0.3, 0.4) is 0 Å². The third-order valence-electron chi connectivity index (χ3n) is 3.79. The molecule has 18 heavy (non-hydrogen) atoms. The Labute approximate surface area is 107 Å². The molecule has 0 saturated carbocycles. The number of hydrogen-bond donors (Lipinski definition) is 1. The van der Waals surface area contributed by atoms with Crippen LogP contribution in [-0.4, -0.2) is 29.3 Å². The molecular weight excluding hydrogens is 224 g/mol. The minimum atomic E-state index is 0.216. The van der Waals surface area contributed by atoms with Gasteiger partial charge in [-0.2, -0.15) is 0 Å². The van der Waals surface area contributed by atoms with Gasteiger partial charge in [0.15, 0.2) is 0 Å². The van der Waals surface area contributed by atoms with Crippen molar-refractivity contribution in [3.05, 3.63) is 35.9 Å². The van der Waals surface area contributed by atoms with E-state index in [-0.39, 0.29) is 12.6 Å². The van der Waals surface area contributed by atoms with Gasteiger partial charge in [-0.3, -0.25) is 0 Å². The van der Waals surface area contributed by atoms with Crippen LogP contribution >= 0.6 is 0 Å². The lowest BCUT2D eigenvalue weighted by atomic mass is 10.1. The van der Waals surface area contributed by atoms with E-state index in [1.165, 1.54) is 10.9 Å². The lowest BCUT2D eigenvalue weighted by Crippen LogP contribution is -2.32. The average Bonchev–Trinajstić information content (AvgIpc) is 2.87. The maximum absolute atomic E-state index is 9.41. The van der Waals surface area contributed by atoms with E-state index in [1.54, 1.807) is 0 Å². The second kappa shape index (κ2) is 4.58. The van der Waals surface area contributed by atoms with Crippen molar-refractivity contribution in [3.63, 3.8) is 0 Å². The molecule has 1 aromatic carbocycles. The third kappa shape index (κ3) is 1.85. The Balaban J connectivity index is 2.07. The molecule has 0 bridgehead atoms. The molecular formula is C15H18N2O. The number of aryl methyl sites for hydroxylation is 1. The fraction of sp³-hybridized carbons (Fsp3) is 0.400. The van der Waals surface area contributed by atoms with Crippen LogP contribution in [0, 0.1) is 6.92 Å². The smallest absolute Gasteiger partial charge is 0.129 e. The Kier molecular flexibility index (Phi) is 2.92. The second-order valence-corrected chi connectivity index (χ2v) is 4.99. The van der Waals surface area contributed by atoms with E-state index in [0.717, 1.165) is 30.7 Å². The quantitative estimate of drug-likeness (QED) is 0.879. The molecule has 1 saturated heterocycles. The van der Waals surface area contributed by atoms with E-state index in [1.807, 2.05) is 12.1 Å². The van der Waals surface area contributed by atoms with Crippen molar-refractivity contribution in [1.82, 2.24) is 4.98 Å². The van der Waals surface area contributed by atoms with Crippen molar-refractivity contribution in [1.29, 1.82) is 0 Å². The van der Waals surface area contributed by atoms with Gasteiger partial charge in [-0.15, -0.1) is 0 Å². The fourth-order valence-corrected chi connectivity index (χ4v) is 2.81. The molecule has 0 unspecified atom stereocenters. The summed E-state index contributed by atoms with van der Waals surface area (Å²) in [6.07, 6.45) is 2.20. The molecule has 0 radical (unpaired) electrons. The molecule has 3 nitrogen and oxygen atoms in total. The second-order valence-electron chi connectivity index (χ2n) is 4.99. The van der Waals surface area contributed by atoms with Crippen LogP contribution in [-0.2, 0) is 0 Å². The summed E-state index contributed by atoms with van der Waals surface area (Å²) in [4.78, 5) is 6.97. The fourth-order valence-electron chi connectivity index (χ4n) is 2.81.